The van der Waals surface area contributed by atoms with Crippen molar-refractivity contribution >= 4 is 5.69 Å². The summed E-state index contributed by atoms with van der Waals surface area (Å²) in [6.45, 7) is 1.79. The average molecular weight is 135 g/mol. The minimum Gasteiger partial charge on any atom is -0.397 e. The van der Waals surface area contributed by atoms with E-state index >= 15 is 0 Å². The summed E-state index contributed by atoms with van der Waals surface area (Å²) in [5.41, 5.74) is 8.66. The van der Waals surface area contributed by atoms with E-state index < -0.39 is 0 Å². The third-order valence-corrected chi connectivity index (χ3v) is 1.69. The number of anilines is 1. The molecule has 1 aromatic heterocycles. The number of aromatic nitrogens is 1. The lowest BCUT2D eigenvalue weighted by molar-refractivity contribution is 0.757. The highest BCUT2D eigenvalue weighted by Crippen LogP contribution is 2.14. The zero-order valence-electron chi connectivity index (χ0n) is 5.59. The number of nitrogens with two attached hydrogens (primary N) is 1. The maximum absolute atomic E-state index is 5.54. The van der Waals surface area contributed by atoms with Crippen LogP contribution in [0.4, 0.5) is 5.69 Å². The first-order valence-electron chi connectivity index (χ1n) is 3.30. The normalized spacial score (nSPS) is 15.2. The number of nitrogens with zero attached hydrogens (tertiary/aromatic N) is 1. The van der Waals surface area contributed by atoms with Crippen molar-refractivity contribution in [2.24, 2.45) is 0 Å². The predicted octanol–water partition coefficient (Wildman–Crippen LogP) is 0.267. The molecule has 0 unspecified atom stereocenters. The lowest BCUT2D eigenvalue weighted by Crippen LogP contribution is -2.00. The van der Waals surface area contributed by atoms with Crippen LogP contribution in [0.2, 0.25) is 0 Å². The van der Waals surface area contributed by atoms with Crippen LogP contribution in [0.5, 0.6) is 0 Å². The van der Waals surface area contributed by atoms with Crippen LogP contribution >= 0.6 is 0 Å². The quantitative estimate of drug-likeness (QED) is 0.536. The molecular formula is C7H9N3. The number of fused-ring (bicyclic) bond motifs is 1. The Hall–Kier alpha value is -1.09. The lowest BCUT2D eigenvalue weighted by atomic mass is 10.2. The van der Waals surface area contributed by atoms with Gasteiger partial charge >= 0.3 is 0 Å². The summed E-state index contributed by atoms with van der Waals surface area (Å²) in [4.78, 5) is 4.17. The van der Waals surface area contributed by atoms with E-state index in [-0.39, 0.29) is 0 Å². The van der Waals surface area contributed by atoms with Crippen molar-refractivity contribution in [2.75, 3.05) is 5.73 Å². The Bertz CT molecular complexity index is 257. The monoisotopic (exact) mass is 135 g/mol. The second-order valence-corrected chi connectivity index (χ2v) is 2.48. The molecule has 0 amide bonds. The summed E-state index contributed by atoms with van der Waals surface area (Å²) in [5, 5.41) is 3.20. The number of hydrogen-bond donors (Lipinski definition) is 2. The second-order valence-electron chi connectivity index (χ2n) is 2.48. The second kappa shape index (κ2) is 1.95. The van der Waals surface area contributed by atoms with Gasteiger partial charge in [-0.05, 0) is 11.6 Å². The summed E-state index contributed by atoms with van der Waals surface area (Å²) in [7, 11) is 0. The van der Waals surface area contributed by atoms with Crippen molar-refractivity contribution < 1.29 is 0 Å². The molecule has 0 bridgehead atoms. The fourth-order valence-corrected chi connectivity index (χ4v) is 1.18. The van der Waals surface area contributed by atoms with E-state index in [0.717, 1.165) is 24.5 Å². The van der Waals surface area contributed by atoms with Gasteiger partial charge in [0.05, 0.1) is 17.6 Å². The summed E-state index contributed by atoms with van der Waals surface area (Å²) < 4.78 is 0. The first-order chi connectivity index (χ1) is 4.86. The van der Waals surface area contributed by atoms with Crippen LogP contribution in [0.3, 0.4) is 0 Å². The number of rotatable bonds is 0. The minimum atomic E-state index is 0.752. The molecule has 0 aromatic carbocycles. The summed E-state index contributed by atoms with van der Waals surface area (Å²) in [6, 6.07) is 1.97. The van der Waals surface area contributed by atoms with Crippen LogP contribution in [0.25, 0.3) is 0 Å². The standard InChI is InChI=1S/C7H9N3/c8-6-1-5-2-9-4-7(5)10-3-6/h1,3,9H,2,4,8H2. The van der Waals surface area contributed by atoms with Gasteiger partial charge in [-0.3, -0.25) is 4.98 Å². The number of nitrogens with one attached hydrogen (secondary N) is 1. The van der Waals surface area contributed by atoms with E-state index in [2.05, 4.69) is 10.3 Å². The van der Waals surface area contributed by atoms with E-state index in [0.29, 0.717) is 0 Å². The fraction of sp³-hybridized carbons (Fsp3) is 0.286. The molecule has 1 aliphatic heterocycles. The Morgan fingerprint density at radius 2 is 2.40 bits per heavy atom. The molecule has 2 rings (SSSR count). The van der Waals surface area contributed by atoms with E-state index in [1.165, 1.54) is 5.56 Å². The number of hydrogen-bond acceptors (Lipinski definition) is 3. The van der Waals surface area contributed by atoms with Gasteiger partial charge in [-0.1, -0.05) is 0 Å². The molecular weight excluding hydrogens is 126 g/mol. The van der Waals surface area contributed by atoms with Crippen LogP contribution in [-0.2, 0) is 13.1 Å². The van der Waals surface area contributed by atoms with Crippen LogP contribution in [0, 0.1) is 0 Å². The van der Waals surface area contributed by atoms with Gasteiger partial charge in [-0.15, -0.1) is 0 Å². The van der Waals surface area contributed by atoms with Gasteiger partial charge in [0.1, 0.15) is 0 Å². The van der Waals surface area contributed by atoms with Crippen molar-refractivity contribution in [3.8, 4) is 0 Å². The molecule has 0 saturated heterocycles. The lowest BCUT2D eigenvalue weighted by Gasteiger charge is -1.96. The summed E-state index contributed by atoms with van der Waals surface area (Å²) in [6.07, 6.45) is 1.70. The van der Waals surface area contributed by atoms with E-state index in [4.69, 9.17) is 5.73 Å². The molecule has 0 atom stereocenters. The minimum absolute atomic E-state index is 0.752. The molecule has 3 N–H and O–H groups in total. The van der Waals surface area contributed by atoms with E-state index in [1.54, 1.807) is 6.20 Å². The van der Waals surface area contributed by atoms with Crippen molar-refractivity contribution in [3.05, 3.63) is 23.5 Å². The smallest absolute Gasteiger partial charge is 0.0588 e. The molecule has 1 aliphatic rings. The molecule has 52 valence electrons. The summed E-state index contributed by atoms with van der Waals surface area (Å²) in [5.74, 6) is 0. The van der Waals surface area contributed by atoms with Crippen molar-refractivity contribution in [1.29, 1.82) is 0 Å². The topological polar surface area (TPSA) is 50.9 Å². The summed E-state index contributed by atoms with van der Waals surface area (Å²) >= 11 is 0. The Kier molecular flexibility index (Phi) is 1.11. The fourth-order valence-electron chi connectivity index (χ4n) is 1.18. The molecule has 10 heavy (non-hydrogen) atoms. The van der Waals surface area contributed by atoms with Crippen molar-refractivity contribution in [2.45, 2.75) is 13.1 Å². The molecule has 0 spiro atoms. The van der Waals surface area contributed by atoms with Gasteiger partial charge in [0.2, 0.25) is 0 Å². The zero-order valence-corrected chi connectivity index (χ0v) is 5.59. The van der Waals surface area contributed by atoms with Crippen LogP contribution < -0.4 is 11.1 Å². The Morgan fingerprint density at radius 1 is 1.50 bits per heavy atom. The Balaban J connectivity index is 2.52. The maximum atomic E-state index is 5.54. The number of pyridine rings is 1. The molecule has 1 aromatic rings. The maximum Gasteiger partial charge on any atom is 0.0588 e. The molecule has 0 aliphatic carbocycles. The number of nitrogen functional groups attached to an aromatic ring is 1. The van der Waals surface area contributed by atoms with Gasteiger partial charge in [-0.2, -0.15) is 0 Å². The van der Waals surface area contributed by atoms with Gasteiger partial charge < -0.3 is 11.1 Å². The van der Waals surface area contributed by atoms with E-state index in [1.807, 2.05) is 6.07 Å². The molecule has 0 fully saturated rings. The van der Waals surface area contributed by atoms with Crippen molar-refractivity contribution in [1.82, 2.24) is 10.3 Å². The third kappa shape index (κ3) is 0.752. The van der Waals surface area contributed by atoms with Gasteiger partial charge in [0, 0.05) is 13.1 Å². The van der Waals surface area contributed by atoms with Crippen LogP contribution in [-0.4, -0.2) is 4.98 Å². The van der Waals surface area contributed by atoms with Crippen LogP contribution in [0.15, 0.2) is 12.3 Å². The highest BCUT2D eigenvalue weighted by molar-refractivity contribution is 5.41. The Labute approximate surface area is 59.3 Å². The third-order valence-electron chi connectivity index (χ3n) is 1.69. The first kappa shape index (κ1) is 5.68. The molecule has 3 heteroatoms. The van der Waals surface area contributed by atoms with Gasteiger partial charge in [-0.25, -0.2) is 0 Å². The molecule has 0 radical (unpaired) electrons. The van der Waals surface area contributed by atoms with Gasteiger partial charge in [0.15, 0.2) is 0 Å². The molecule has 3 nitrogen and oxygen atoms in total. The van der Waals surface area contributed by atoms with Crippen molar-refractivity contribution in [3.63, 3.8) is 0 Å². The van der Waals surface area contributed by atoms with E-state index in [9.17, 15) is 0 Å². The largest absolute Gasteiger partial charge is 0.397 e. The SMILES string of the molecule is Nc1cnc2c(c1)CNC2. The van der Waals surface area contributed by atoms with Gasteiger partial charge in [0.25, 0.3) is 0 Å². The van der Waals surface area contributed by atoms with Crippen LogP contribution in [0.1, 0.15) is 11.3 Å². The zero-order chi connectivity index (χ0) is 6.97. The molecule has 0 saturated carbocycles. The molecule has 2 heterocycles. The highest BCUT2D eigenvalue weighted by Gasteiger charge is 2.09. The highest BCUT2D eigenvalue weighted by atomic mass is 14.9. The average Bonchev–Trinajstić information content (AvgIpc) is 2.33. The Morgan fingerprint density at radius 3 is 3.30 bits per heavy atom. The predicted molar refractivity (Wildman–Crippen MR) is 39.2 cm³/mol. The first-order valence-corrected chi connectivity index (χ1v) is 3.30.